The van der Waals surface area contributed by atoms with Crippen molar-refractivity contribution in [3.63, 3.8) is 0 Å². The molecular formula is C14H16N2O3. The van der Waals surface area contributed by atoms with E-state index in [-0.39, 0.29) is 5.69 Å². The van der Waals surface area contributed by atoms with E-state index in [4.69, 9.17) is 9.47 Å². The predicted octanol–water partition coefficient (Wildman–Crippen LogP) is 2.38. The molecule has 5 nitrogen and oxygen atoms in total. The van der Waals surface area contributed by atoms with E-state index in [2.05, 4.69) is 10.3 Å². The van der Waals surface area contributed by atoms with Gasteiger partial charge < -0.3 is 14.8 Å². The van der Waals surface area contributed by atoms with Crippen LogP contribution in [-0.2, 0) is 4.74 Å². The molecule has 2 rings (SSSR count). The Morgan fingerprint density at radius 2 is 2.00 bits per heavy atom. The van der Waals surface area contributed by atoms with Crippen LogP contribution < -0.4 is 10.1 Å². The molecule has 5 heteroatoms. The summed E-state index contributed by atoms with van der Waals surface area (Å²) in [5.41, 5.74) is 2.77. The molecular weight excluding hydrogens is 244 g/mol. The minimum Gasteiger partial charge on any atom is -0.494 e. The maximum atomic E-state index is 11.6. The predicted molar refractivity (Wildman–Crippen MR) is 73.9 cm³/mol. The third-order valence-electron chi connectivity index (χ3n) is 2.91. The Kier molecular flexibility index (Phi) is 3.55. The maximum Gasteiger partial charge on any atom is 0.356 e. The van der Waals surface area contributed by atoms with Gasteiger partial charge in [-0.1, -0.05) is 0 Å². The van der Waals surface area contributed by atoms with Crippen molar-refractivity contribution in [3.8, 4) is 5.75 Å². The van der Waals surface area contributed by atoms with Gasteiger partial charge in [-0.25, -0.2) is 9.78 Å². The topological polar surface area (TPSA) is 60.5 Å². The van der Waals surface area contributed by atoms with Crippen LogP contribution in [-0.4, -0.2) is 32.2 Å². The van der Waals surface area contributed by atoms with Crippen LogP contribution in [0.15, 0.2) is 18.2 Å². The summed E-state index contributed by atoms with van der Waals surface area (Å²) in [5.74, 6) is 0.165. The van der Waals surface area contributed by atoms with Gasteiger partial charge in [-0.15, -0.1) is 0 Å². The first-order valence-electron chi connectivity index (χ1n) is 5.86. The molecule has 0 unspecified atom stereocenters. The first-order valence-corrected chi connectivity index (χ1v) is 5.86. The Morgan fingerprint density at radius 1 is 1.26 bits per heavy atom. The highest BCUT2D eigenvalue weighted by Crippen LogP contribution is 2.31. The number of aromatic nitrogens is 1. The number of methoxy groups -OCH3 is 2. The van der Waals surface area contributed by atoms with Crippen LogP contribution in [0.5, 0.6) is 5.75 Å². The second-order valence-electron chi connectivity index (χ2n) is 4.16. The SMILES string of the molecule is CNc1cc(C(=O)OC)nc2c(OC)cc(C)cc12. The number of carbonyl (C=O) groups excluding carboxylic acids is 1. The molecule has 0 atom stereocenters. The molecule has 0 aliphatic carbocycles. The Balaban J connectivity index is 2.80. The van der Waals surface area contributed by atoms with Crippen molar-refractivity contribution < 1.29 is 14.3 Å². The Morgan fingerprint density at radius 3 is 2.58 bits per heavy atom. The molecule has 0 spiro atoms. The summed E-state index contributed by atoms with van der Waals surface area (Å²) in [6.45, 7) is 1.98. The van der Waals surface area contributed by atoms with Crippen LogP contribution in [0.3, 0.4) is 0 Å². The molecule has 0 fully saturated rings. The third kappa shape index (κ3) is 2.31. The van der Waals surface area contributed by atoms with E-state index in [1.165, 1.54) is 7.11 Å². The normalized spacial score (nSPS) is 10.3. The number of fused-ring (bicyclic) bond motifs is 1. The van der Waals surface area contributed by atoms with Crippen LogP contribution in [0.1, 0.15) is 16.1 Å². The van der Waals surface area contributed by atoms with E-state index in [1.54, 1.807) is 20.2 Å². The number of rotatable bonds is 3. The van der Waals surface area contributed by atoms with Gasteiger partial charge in [0.05, 0.1) is 14.2 Å². The lowest BCUT2D eigenvalue weighted by Crippen LogP contribution is -2.06. The molecule has 100 valence electrons. The minimum absolute atomic E-state index is 0.251. The molecule has 0 radical (unpaired) electrons. The van der Waals surface area contributed by atoms with Crippen molar-refractivity contribution >= 4 is 22.6 Å². The highest BCUT2D eigenvalue weighted by atomic mass is 16.5. The van der Waals surface area contributed by atoms with E-state index < -0.39 is 5.97 Å². The zero-order valence-electron chi connectivity index (χ0n) is 11.4. The lowest BCUT2D eigenvalue weighted by atomic mass is 10.1. The molecule has 0 saturated carbocycles. The van der Waals surface area contributed by atoms with E-state index >= 15 is 0 Å². The molecule has 1 N–H and O–H groups in total. The number of hydrogen-bond acceptors (Lipinski definition) is 5. The van der Waals surface area contributed by atoms with Crippen molar-refractivity contribution in [3.05, 3.63) is 29.5 Å². The summed E-state index contributed by atoms with van der Waals surface area (Å²) >= 11 is 0. The monoisotopic (exact) mass is 260 g/mol. The fraction of sp³-hybridized carbons (Fsp3) is 0.286. The number of pyridine rings is 1. The number of anilines is 1. The van der Waals surface area contributed by atoms with Crippen LogP contribution in [0.2, 0.25) is 0 Å². The molecule has 0 saturated heterocycles. The summed E-state index contributed by atoms with van der Waals surface area (Å²) in [6.07, 6.45) is 0. The van der Waals surface area contributed by atoms with E-state index in [0.717, 1.165) is 16.6 Å². The summed E-state index contributed by atoms with van der Waals surface area (Å²) in [7, 11) is 4.71. The van der Waals surface area contributed by atoms with E-state index in [0.29, 0.717) is 11.3 Å². The number of hydrogen-bond donors (Lipinski definition) is 1. The third-order valence-corrected chi connectivity index (χ3v) is 2.91. The Hall–Kier alpha value is -2.30. The van der Waals surface area contributed by atoms with Crippen LogP contribution in [0, 0.1) is 6.92 Å². The fourth-order valence-electron chi connectivity index (χ4n) is 2.00. The largest absolute Gasteiger partial charge is 0.494 e. The molecule has 19 heavy (non-hydrogen) atoms. The maximum absolute atomic E-state index is 11.6. The van der Waals surface area contributed by atoms with Crippen molar-refractivity contribution in [1.29, 1.82) is 0 Å². The number of aryl methyl sites for hydroxylation is 1. The molecule has 0 aliphatic rings. The van der Waals surface area contributed by atoms with Crippen molar-refractivity contribution in [2.45, 2.75) is 6.92 Å². The Bertz CT molecular complexity index is 638. The zero-order valence-corrected chi connectivity index (χ0v) is 11.4. The van der Waals surface area contributed by atoms with E-state index in [1.807, 2.05) is 19.1 Å². The molecule has 0 aliphatic heterocycles. The Labute approximate surface area is 111 Å². The van der Waals surface area contributed by atoms with Gasteiger partial charge in [0, 0.05) is 18.1 Å². The van der Waals surface area contributed by atoms with Crippen molar-refractivity contribution in [2.75, 3.05) is 26.6 Å². The van der Waals surface area contributed by atoms with Gasteiger partial charge in [0.2, 0.25) is 0 Å². The second kappa shape index (κ2) is 5.14. The van der Waals surface area contributed by atoms with Gasteiger partial charge in [-0.2, -0.15) is 0 Å². The van der Waals surface area contributed by atoms with Gasteiger partial charge in [-0.3, -0.25) is 0 Å². The fourth-order valence-corrected chi connectivity index (χ4v) is 2.00. The number of carbonyl (C=O) groups is 1. The number of ether oxygens (including phenoxy) is 2. The standard InChI is InChI=1S/C14H16N2O3/c1-8-5-9-10(15-2)7-11(14(17)19-4)16-13(9)12(6-8)18-3/h5-7H,1-4H3,(H,15,16). The van der Waals surface area contributed by atoms with Gasteiger partial charge in [0.1, 0.15) is 11.3 Å². The molecule has 1 aromatic carbocycles. The molecule has 0 bridgehead atoms. The van der Waals surface area contributed by atoms with Crippen LogP contribution in [0.25, 0.3) is 10.9 Å². The lowest BCUT2D eigenvalue weighted by molar-refractivity contribution is 0.0594. The lowest BCUT2D eigenvalue weighted by Gasteiger charge is -2.12. The highest BCUT2D eigenvalue weighted by Gasteiger charge is 2.15. The average Bonchev–Trinajstić information content (AvgIpc) is 2.44. The smallest absolute Gasteiger partial charge is 0.356 e. The summed E-state index contributed by atoms with van der Waals surface area (Å²) in [6, 6.07) is 5.56. The second-order valence-corrected chi connectivity index (χ2v) is 4.16. The first-order chi connectivity index (χ1) is 9.10. The van der Waals surface area contributed by atoms with Gasteiger partial charge in [-0.05, 0) is 30.7 Å². The summed E-state index contributed by atoms with van der Waals surface area (Å²) in [5, 5.41) is 3.97. The summed E-state index contributed by atoms with van der Waals surface area (Å²) < 4.78 is 10.0. The first kappa shape index (κ1) is 13.1. The van der Waals surface area contributed by atoms with Gasteiger partial charge in [0.25, 0.3) is 0 Å². The number of esters is 1. The number of nitrogens with one attached hydrogen (secondary N) is 1. The molecule has 1 aromatic heterocycles. The number of nitrogens with zero attached hydrogens (tertiary/aromatic N) is 1. The number of benzene rings is 1. The highest BCUT2D eigenvalue weighted by molar-refractivity contribution is 6.00. The average molecular weight is 260 g/mol. The van der Waals surface area contributed by atoms with Crippen molar-refractivity contribution in [1.82, 2.24) is 4.98 Å². The van der Waals surface area contributed by atoms with Gasteiger partial charge in [0.15, 0.2) is 5.69 Å². The van der Waals surface area contributed by atoms with Crippen molar-refractivity contribution in [2.24, 2.45) is 0 Å². The van der Waals surface area contributed by atoms with Gasteiger partial charge >= 0.3 is 5.97 Å². The van der Waals surface area contributed by atoms with Crippen LogP contribution >= 0.6 is 0 Å². The quantitative estimate of drug-likeness (QED) is 0.858. The van der Waals surface area contributed by atoms with E-state index in [9.17, 15) is 4.79 Å². The van der Waals surface area contributed by atoms with Crippen LogP contribution in [0.4, 0.5) is 5.69 Å². The molecule has 2 aromatic rings. The minimum atomic E-state index is -0.471. The summed E-state index contributed by atoms with van der Waals surface area (Å²) in [4.78, 5) is 16.0. The molecule has 0 amide bonds. The molecule has 1 heterocycles. The zero-order chi connectivity index (χ0) is 14.0.